The number of para-hydroxylation sites is 1. The third-order valence-electron chi connectivity index (χ3n) is 5.25. The lowest BCUT2D eigenvalue weighted by Crippen LogP contribution is -2.38. The molecule has 1 aliphatic carbocycles. The van der Waals surface area contributed by atoms with Crippen LogP contribution >= 0.6 is 0 Å². The molecule has 5 heteroatoms. The van der Waals surface area contributed by atoms with Crippen LogP contribution in [-0.2, 0) is 29.0 Å². The Morgan fingerprint density at radius 2 is 1.63 bits per heavy atom. The van der Waals surface area contributed by atoms with E-state index in [4.69, 9.17) is 0 Å². The van der Waals surface area contributed by atoms with E-state index in [0.29, 0.717) is 12.8 Å². The lowest BCUT2D eigenvalue weighted by Gasteiger charge is -2.23. The number of nitrogens with one attached hydrogen (secondary N) is 1. The van der Waals surface area contributed by atoms with Gasteiger partial charge in [-0.25, -0.2) is 0 Å². The summed E-state index contributed by atoms with van der Waals surface area (Å²) in [6.45, 7) is 0.284. The molecule has 2 aromatic carbocycles. The SMILES string of the molecule is O=C(CC1(C(=O)O)Cc2ccccc2C1)NCc1ccc2ccccc2n1. The van der Waals surface area contributed by atoms with Crippen LogP contribution in [0, 0.1) is 5.41 Å². The standard InChI is InChI=1S/C22H20N2O3/c25-20(23-14-18-10-9-15-5-3-4-8-19(15)24-18)13-22(21(26)27)11-16-6-1-2-7-17(16)12-22/h1-10H,11-14H2,(H,23,25)(H,26,27). The molecule has 0 unspecified atom stereocenters. The van der Waals surface area contributed by atoms with Gasteiger partial charge in [-0.1, -0.05) is 48.5 Å². The molecule has 0 spiro atoms. The number of benzene rings is 2. The first-order chi connectivity index (χ1) is 13.1. The third kappa shape index (κ3) is 3.40. The molecule has 136 valence electrons. The molecule has 1 heterocycles. The van der Waals surface area contributed by atoms with Crippen molar-refractivity contribution >= 4 is 22.8 Å². The molecule has 27 heavy (non-hydrogen) atoms. The van der Waals surface area contributed by atoms with Gasteiger partial charge in [-0.3, -0.25) is 14.6 Å². The van der Waals surface area contributed by atoms with Gasteiger partial charge in [0.1, 0.15) is 0 Å². The van der Waals surface area contributed by atoms with Crippen LogP contribution in [0.5, 0.6) is 0 Å². The van der Waals surface area contributed by atoms with Crippen LogP contribution in [0.1, 0.15) is 23.2 Å². The summed E-state index contributed by atoms with van der Waals surface area (Å²) in [5.74, 6) is -1.18. The number of aromatic nitrogens is 1. The van der Waals surface area contributed by atoms with Crippen molar-refractivity contribution in [3.05, 3.63) is 77.5 Å². The summed E-state index contributed by atoms with van der Waals surface area (Å²) in [4.78, 5) is 29.0. The Labute approximate surface area is 157 Å². The highest BCUT2D eigenvalue weighted by Crippen LogP contribution is 2.40. The lowest BCUT2D eigenvalue weighted by molar-refractivity contribution is -0.151. The summed E-state index contributed by atoms with van der Waals surface area (Å²) in [6, 6.07) is 19.3. The van der Waals surface area contributed by atoms with E-state index >= 15 is 0 Å². The summed E-state index contributed by atoms with van der Waals surface area (Å²) in [7, 11) is 0. The predicted molar refractivity (Wildman–Crippen MR) is 102 cm³/mol. The average molecular weight is 360 g/mol. The van der Waals surface area contributed by atoms with E-state index in [1.807, 2.05) is 60.7 Å². The zero-order valence-electron chi connectivity index (χ0n) is 14.8. The molecule has 0 radical (unpaired) electrons. The maximum atomic E-state index is 12.5. The molecule has 1 amide bonds. The van der Waals surface area contributed by atoms with E-state index in [1.54, 1.807) is 0 Å². The first kappa shape index (κ1) is 17.2. The maximum Gasteiger partial charge on any atom is 0.310 e. The Hall–Kier alpha value is -3.21. The van der Waals surface area contributed by atoms with Crippen molar-refractivity contribution in [1.29, 1.82) is 0 Å². The highest BCUT2D eigenvalue weighted by molar-refractivity contribution is 5.86. The first-order valence-electron chi connectivity index (χ1n) is 8.97. The van der Waals surface area contributed by atoms with Crippen molar-refractivity contribution in [1.82, 2.24) is 10.3 Å². The number of amides is 1. The quantitative estimate of drug-likeness (QED) is 0.733. The number of aliphatic carboxylic acids is 1. The minimum Gasteiger partial charge on any atom is -0.481 e. The number of carboxylic acid groups (broad SMARTS) is 1. The van der Waals surface area contributed by atoms with Gasteiger partial charge >= 0.3 is 5.97 Å². The number of rotatable bonds is 5. The molecule has 0 aliphatic heterocycles. The van der Waals surface area contributed by atoms with E-state index in [-0.39, 0.29) is 18.9 Å². The predicted octanol–water partition coefficient (Wildman–Crippen LogP) is 3.11. The lowest BCUT2D eigenvalue weighted by atomic mass is 9.81. The van der Waals surface area contributed by atoms with E-state index in [2.05, 4.69) is 10.3 Å². The fourth-order valence-corrected chi connectivity index (χ4v) is 3.81. The van der Waals surface area contributed by atoms with Crippen molar-refractivity contribution in [2.45, 2.75) is 25.8 Å². The largest absolute Gasteiger partial charge is 0.481 e. The second kappa shape index (κ2) is 6.83. The first-order valence-corrected chi connectivity index (χ1v) is 8.97. The summed E-state index contributed by atoms with van der Waals surface area (Å²) < 4.78 is 0. The maximum absolute atomic E-state index is 12.5. The van der Waals surface area contributed by atoms with Crippen molar-refractivity contribution in [2.24, 2.45) is 5.41 Å². The highest BCUT2D eigenvalue weighted by Gasteiger charge is 2.45. The molecule has 1 aromatic heterocycles. The summed E-state index contributed by atoms with van der Waals surface area (Å²) in [6.07, 6.45) is 0.741. The molecule has 0 bridgehead atoms. The fraction of sp³-hybridized carbons (Fsp3) is 0.227. The van der Waals surface area contributed by atoms with Crippen LogP contribution < -0.4 is 5.32 Å². The second-order valence-electron chi connectivity index (χ2n) is 7.16. The summed E-state index contributed by atoms with van der Waals surface area (Å²) in [5, 5.41) is 13.7. The molecule has 2 N–H and O–H groups in total. The molecule has 4 rings (SSSR count). The van der Waals surface area contributed by atoms with Gasteiger partial charge in [0.25, 0.3) is 0 Å². The molecule has 0 fully saturated rings. The number of pyridine rings is 1. The average Bonchev–Trinajstić information content (AvgIpc) is 3.05. The van der Waals surface area contributed by atoms with Crippen LogP contribution in [0.4, 0.5) is 0 Å². The number of carboxylic acids is 1. The van der Waals surface area contributed by atoms with Gasteiger partial charge in [0.2, 0.25) is 5.91 Å². The van der Waals surface area contributed by atoms with Crippen LogP contribution in [0.15, 0.2) is 60.7 Å². The van der Waals surface area contributed by atoms with Gasteiger partial charge in [-0.05, 0) is 36.1 Å². The van der Waals surface area contributed by atoms with Gasteiger partial charge in [0, 0.05) is 11.8 Å². The number of fused-ring (bicyclic) bond motifs is 2. The topological polar surface area (TPSA) is 79.3 Å². The van der Waals surface area contributed by atoms with Crippen molar-refractivity contribution < 1.29 is 14.7 Å². The van der Waals surface area contributed by atoms with Crippen LogP contribution in [0.2, 0.25) is 0 Å². The Balaban J connectivity index is 1.44. The number of hydrogen-bond donors (Lipinski definition) is 2. The Morgan fingerprint density at radius 3 is 2.33 bits per heavy atom. The molecule has 0 saturated carbocycles. The zero-order chi connectivity index (χ0) is 18.9. The molecule has 5 nitrogen and oxygen atoms in total. The van der Waals surface area contributed by atoms with Crippen molar-refractivity contribution in [3.63, 3.8) is 0 Å². The fourth-order valence-electron chi connectivity index (χ4n) is 3.81. The number of carbonyl (C=O) groups is 2. The summed E-state index contributed by atoms with van der Waals surface area (Å²) >= 11 is 0. The van der Waals surface area contributed by atoms with Crippen LogP contribution in [-0.4, -0.2) is 22.0 Å². The monoisotopic (exact) mass is 360 g/mol. The van der Waals surface area contributed by atoms with Crippen molar-refractivity contribution in [2.75, 3.05) is 0 Å². The molecular formula is C22H20N2O3. The summed E-state index contributed by atoms with van der Waals surface area (Å²) in [5.41, 5.74) is 2.59. The van der Waals surface area contributed by atoms with Gasteiger partial charge in [0.05, 0.1) is 23.2 Å². The van der Waals surface area contributed by atoms with Crippen molar-refractivity contribution in [3.8, 4) is 0 Å². The highest BCUT2D eigenvalue weighted by atomic mass is 16.4. The minimum absolute atomic E-state index is 0.0371. The molecule has 0 atom stereocenters. The van der Waals surface area contributed by atoms with E-state index < -0.39 is 11.4 Å². The second-order valence-corrected chi connectivity index (χ2v) is 7.16. The zero-order valence-corrected chi connectivity index (χ0v) is 14.8. The van der Waals surface area contributed by atoms with Gasteiger partial charge in [-0.2, -0.15) is 0 Å². The minimum atomic E-state index is -1.06. The molecular weight excluding hydrogens is 340 g/mol. The van der Waals surface area contributed by atoms with Crippen LogP contribution in [0.25, 0.3) is 10.9 Å². The molecule has 0 saturated heterocycles. The molecule has 3 aromatic rings. The van der Waals surface area contributed by atoms with Crippen LogP contribution in [0.3, 0.4) is 0 Å². The third-order valence-corrected chi connectivity index (χ3v) is 5.25. The Bertz CT molecular complexity index is 1000. The van der Waals surface area contributed by atoms with E-state index in [1.165, 1.54) is 0 Å². The molecule has 1 aliphatic rings. The Kier molecular flexibility index (Phi) is 4.36. The smallest absolute Gasteiger partial charge is 0.310 e. The number of carbonyl (C=O) groups excluding carboxylic acids is 1. The van der Waals surface area contributed by atoms with Gasteiger partial charge in [-0.15, -0.1) is 0 Å². The van der Waals surface area contributed by atoms with E-state index in [9.17, 15) is 14.7 Å². The van der Waals surface area contributed by atoms with Gasteiger partial charge in [0.15, 0.2) is 0 Å². The number of nitrogens with zero attached hydrogens (tertiary/aromatic N) is 1. The van der Waals surface area contributed by atoms with E-state index in [0.717, 1.165) is 27.7 Å². The Morgan fingerprint density at radius 1 is 0.963 bits per heavy atom. The van der Waals surface area contributed by atoms with Gasteiger partial charge < -0.3 is 10.4 Å². The normalized spacial score (nSPS) is 14.7. The number of hydrogen-bond acceptors (Lipinski definition) is 3.